The summed E-state index contributed by atoms with van der Waals surface area (Å²) in [6, 6.07) is 7.73. The summed E-state index contributed by atoms with van der Waals surface area (Å²) in [7, 11) is 0. The molecule has 1 atom stereocenters. The SMILES string of the molecule is CC(CCNC(=O)c1csc2ccccc12)C(=O)O. The molecule has 1 aromatic carbocycles. The molecule has 5 heteroatoms. The van der Waals surface area contributed by atoms with E-state index in [-0.39, 0.29) is 5.91 Å². The quantitative estimate of drug-likeness (QED) is 0.883. The number of carbonyl (C=O) groups excluding carboxylic acids is 1. The third-order valence-corrected chi connectivity index (χ3v) is 3.97. The Kier molecular flexibility index (Phi) is 4.16. The van der Waals surface area contributed by atoms with Crippen LogP contribution < -0.4 is 5.32 Å². The van der Waals surface area contributed by atoms with E-state index < -0.39 is 11.9 Å². The number of benzene rings is 1. The lowest BCUT2D eigenvalue weighted by molar-refractivity contribution is -0.141. The van der Waals surface area contributed by atoms with E-state index in [2.05, 4.69) is 5.32 Å². The molecule has 2 rings (SSSR count). The number of hydrogen-bond donors (Lipinski definition) is 2. The maximum atomic E-state index is 12.0. The van der Waals surface area contributed by atoms with Crippen molar-refractivity contribution in [2.45, 2.75) is 13.3 Å². The fourth-order valence-electron chi connectivity index (χ4n) is 1.77. The third kappa shape index (κ3) is 3.12. The van der Waals surface area contributed by atoms with E-state index in [9.17, 15) is 9.59 Å². The molecule has 0 saturated heterocycles. The van der Waals surface area contributed by atoms with Gasteiger partial charge in [-0.15, -0.1) is 11.3 Å². The molecule has 0 saturated carbocycles. The molecule has 0 aliphatic rings. The lowest BCUT2D eigenvalue weighted by Crippen LogP contribution is -2.26. The van der Waals surface area contributed by atoms with Crippen LogP contribution in [0, 0.1) is 5.92 Å². The van der Waals surface area contributed by atoms with Crippen molar-refractivity contribution < 1.29 is 14.7 Å². The van der Waals surface area contributed by atoms with Crippen LogP contribution in [0.4, 0.5) is 0 Å². The number of thiophene rings is 1. The Labute approximate surface area is 115 Å². The summed E-state index contributed by atoms with van der Waals surface area (Å²) in [4.78, 5) is 22.7. The van der Waals surface area contributed by atoms with Crippen LogP contribution in [0.1, 0.15) is 23.7 Å². The Morgan fingerprint density at radius 2 is 2.11 bits per heavy atom. The second kappa shape index (κ2) is 5.84. The minimum absolute atomic E-state index is 0.143. The molecule has 4 nitrogen and oxygen atoms in total. The van der Waals surface area contributed by atoms with Crippen LogP contribution in [-0.4, -0.2) is 23.5 Å². The number of carboxylic acid groups (broad SMARTS) is 1. The zero-order valence-corrected chi connectivity index (χ0v) is 11.4. The van der Waals surface area contributed by atoms with E-state index in [0.717, 1.165) is 10.1 Å². The average molecular weight is 277 g/mol. The lowest BCUT2D eigenvalue weighted by atomic mass is 10.1. The maximum Gasteiger partial charge on any atom is 0.306 e. The van der Waals surface area contributed by atoms with Gasteiger partial charge in [-0.2, -0.15) is 0 Å². The van der Waals surface area contributed by atoms with Crippen molar-refractivity contribution >= 4 is 33.3 Å². The highest BCUT2D eigenvalue weighted by Gasteiger charge is 2.13. The second-order valence-electron chi connectivity index (χ2n) is 4.43. The number of hydrogen-bond acceptors (Lipinski definition) is 3. The Morgan fingerprint density at radius 1 is 1.37 bits per heavy atom. The van der Waals surface area contributed by atoms with Gasteiger partial charge in [0.1, 0.15) is 0 Å². The Balaban J connectivity index is 1.99. The first-order chi connectivity index (χ1) is 9.09. The molecule has 0 bridgehead atoms. The molecular formula is C14H15NO3S. The van der Waals surface area contributed by atoms with Gasteiger partial charge >= 0.3 is 5.97 Å². The number of rotatable bonds is 5. The highest BCUT2D eigenvalue weighted by molar-refractivity contribution is 7.17. The highest BCUT2D eigenvalue weighted by atomic mass is 32.1. The molecule has 1 amide bonds. The predicted molar refractivity (Wildman–Crippen MR) is 75.6 cm³/mol. The van der Waals surface area contributed by atoms with Crippen LogP contribution >= 0.6 is 11.3 Å². The summed E-state index contributed by atoms with van der Waals surface area (Å²) in [6.45, 7) is 2.00. The van der Waals surface area contributed by atoms with Gasteiger partial charge in [0, 0.05) is 22.0 Å². The summed E-state index contributed by atoms with van der Waals surface area (Å²) in [6.07, 6.45) is 0.434. The number of aliphatic carboxylic acids is 1. The normalized spacial score (nSPS) is 12.3. The third-order valence-electron chi connectivity index (χ3n) is 3.01. The maximum absolute atomic E-state index is 12.0. The van der Waals surface area contributed by atoms with Crippen molar-refractivity contribution in [3.8, 4) is 0 Å². The first kappa shape index (κ1) is 13.5. The van der Waals surface area contributed by atoms with Gasteiger partial charge in [0.05, 0.1) is 11.5 Å². The smallest absolute Gasteiger partial charge is 0.306 e. The van der Waals surface area contributed by atoms with Gasteiger partial charge < -0.3 is 10.4 Å². The average Bonchev–Trinajstić information content (AvgIpc) is 2.82. The first-order valence-electron chi connectivity index (χ1n) is 6.07. The summed E-state index contributed by atoms with van der Waals surface area (Å²) in [5, 5.41) is 14.3. The topological polar surface area (TPSA) is 66.4 Å². The number of amides is 1. The first-order valence-corrected chi connectivity index (χ1v) is 6.95. The molecule has 0 aliphatic heterocycles. The van der Waals surface area contributed by atoms with Crippen LogP contribution in [0.25, 0.3) is 10.1 Å². The van der Waals surface area contributed by atoms with Crippen LogP contribution in [-0.2, 0) is 4.79 Å². The molecule has 1 heterocycles. The van der Waals surface area contributed by atoms with Crippen molar-refractivity contribution in [2.75, 3.05) is 6.54 Å². The molecule has 0 radical (unpaired) electrons. The summed E-state index contributed by atoms with van der Waals surface area (Å²) in [5.41, 5.74) is 0.656. The summed E-state index contributed by atoms with van der Waals surface area (Å²) < 4.78 is 1.08. The Bertz CT molecular complexity index is 606. The number of fused-ring (bicyclic) bond motifs is 1. The van der Waals surface area contributed by atoms with Crippen LogP contribution in [0.15, 0.2) is 29.6 Å². The Hall–Kier alpha value is -1.88. The number of carboxylic acids is 1. The fraction of sp³-hybridized carbons (Fsp3) is 0.286. The van der Waals surface area contributed by atoms with E-state index in [0.29, 0.717) is 18.5 Å². The molecule has 0 spiro atoms. The van der Waals surface area contributed by atoms with E-state index in [4.69, 9.17) is 5.11 Å². The zero-order valence-electron chi connectivity index (χ0n) is 10.6. The largest absolute Gasteiger partial charge is 0.481 e. The fourth-order valence-corrected chi connectivity index (χ4v) is 2.72. The molecular weight excluding hydrogens is 262 g/mol. The predicted octanol–water partition coefficient (Wildman–Crippen LogP) is 2.74. The van der Waals surface area contributed by atoms with Crippen molar-refractivity contribution in [1.82, 2.24) is 5.32 Å². The van der Waals surface area contributed by atoms with Crippen LogP contribution in [0.2, 0.25) is 0 Å². The van der Waals surface area contributed by atoms with E-state index in [1.165, 1.54) is 11.3 Å². The van der Waals surface area contributed by atoms with Gasteiger partial charge in [0.2, 0.25) is 0 Å². The lowest BCUT2D eigenvalue weighted by Gasteiger charge is -2.07. The molecule has 1 unspecified atom stereocenters. The zero-order chi connectivity index (χ0) is 13.8. The Morgan fingerprint density at radius 3 is 2.84 bits per heavy atom. The van der Waals surface area contributed by atoms with Gasteiger partial charge in [-0.05, 0) is 12.5 Å². The monoisotopic (exact) mass is 277 g/mol. The number of nitrogens with one attached hydrogen (secondary N) is 1. The van der Waals surface area contributed by atoms with Gasteiger partial charge in [0.25, 0.3) is 5.91 Å². The van der Waals surface area contributed by atoms with E-state index in [1.807, 2.05) is 29.6 Å². The highest BCUT2D eigenvalue weighted by Crippen LogP contribution is 2.25. The standard InChI is InChI=1S/C14H15NO3S/c1-9(14(17)18)6-7-15-13(16)11-8-19-12-5-3-2-4-10(11)12/h2-5,8-9H,6-7H2,1H3,(H,15,16)(H,17,18). The van der Waals surface area contributed by atoms with E-state index in [1.54, 1.807) is 6.92 Å². The van der Waals surface area contributed by atoms with Crippen LogP contribution in [0.5, 0.6) is 0 Å². The van der Waals surface area contributed by atoms with Gasteiger partial charge in [-0.25, -0.2) is 0 Å². The molecule has 1 aromatic heterocycles. The van der Waals surface area contributed by atoms with Gasteiger partial charge in [-0.1, -0.05) is 25.1 Å². The molecule has 2 N–H and O–H groups in total. The summed E-state index contributed by atoms with van der Waals surface area (Å²) >= 11 is 1.53. The van der Waals surface area contributed by atoms with Gasteiger partial charge in [0.15, 0.2) is 0 Å². The molecule has 19 heavy (non-hydrogen) atoms. The van der Waals surface area contributed by atoms with Crippen molar-refractivity contribution in [2.24, 2.45) is 5.92 Å². The van der Waals surface area contributed by atoms with Crippen LogP contribution in [0.3, 0.4) is 0 Å². The molecule has 0 fully saturated rings. The van der Waals surface area contributed by atoms with E-state index >= 15 is 0 Å². The van der Waals surface area contributed by atoms with Crippen molar-refractivity contribution in [3.63, 3.8) is 0 Å². The molecule has 100 valence electrons. The minimum Gasteiger partial charge on any atom is -0.481 e. The van der Waals surface area contributed by atoms with Gasteiger partial charge in [-0.3, -0.25) is 9.59 Å². The van der Waals surface area contributed by atoms with Crippen molar-refractivity contribution in [1.29, 1.82) is 0 Å². The summed E-state index contributed by atoms with van der Waals surface area (Å²) in [5.74, 6) is -1.43. The molecule has 2 aromatic rings. The van der Waals surface area contributed by atoms with Crippen molar-refractivity contribution in [3.05, 3.63) is 35.2 Å². The molecule has 0 aliphatic carbocycles. The number of carbonyl (C=O) groups is 2. The second-order valence-corrected chi connectivity index (χ2v) is 5.34. The minimum atomic E-state index is -0.838.